The Labute approximate surface area is 156 Å². The Hall–Kier alpha value is -1.30. The smallest absolute Gasteiger partial charge is 0.191 e. The van der Waals surface area contributed by atoms with Crippen LogP contribution in [0, 0.1) is 0 Å². The molecule has 2 N–H and O–H groups in total. The minimum absolute atomic E-state index is 0.325. The van der Waals surface area contributed by atoms with Crippen LogP contribution in [-0.2, 0) is 11.3 Å². The maximum absolute atomic E-state index is 6.20. The van der Waals surface area contributed by atoms with Crippen LogP contribution in [0.3, 0.4) is 0 Å². The van der Waals surface area contributed by atoms with Crippen molar-refractivity contribution >= 4 is 17.6 Å². The van der Waals surface area contributed by atoms with Gasteiger partial charge in [-0.15, -0.1) is 0 Å². The SMILES string of the molecule is CCNC(=NCc1ccccc1Cl)NCCCN1CC(C)OC(C)C1. The maximum atomic E-state index is 6.20. The van der Waals surface area contributed by atoms with Crippen LogP contribution in [0.2, 0.25) is 5.02 Å². The molecule has 0 radical (unpaired) electrons. The van der Waals surface area contributed by atoms with Crippen LogP contribution in [0.1, 0.15) is 32.8 Å². The highest BCUT2D eigenvalue weighted by molar-refractivity contribution is 6.31. The molecule has 0 aliphatic carbocycles. The van der Waals surface area contributed by atoms with E-state index in [0.717, 1.165) is 55.7 Å². The normalized spacial score (nSPS) is 22.0. The van der Waals surface area contributed by atoms with E-state index < -0.39 is 0 Å². The Balaban J connectivity index is 1.75. The molecule has 0 amide bonds. The third-order valence-electron chi connectivity index (χ3n) is 4.15. The lowest BCUT2D eigenvalue weighted by Crippen LogP contribution is -2.46. The lowest BCUT2D eigenvalue weighted by molar-refractivity contribution is -0.0679. The molecule has 5 nitrogen and oxygen atoms in total. The number of hydrogen-bond donors (Lipinski definition) is 2. The van der Waals surface area contributed by atoms with E-state index in [2.05, 4.69) is 41.3 Å². The first-order valence-corrected chi connectivity index (χ1v) is 9.59. The number of ether oxygens (including phenoxy) is 1. The highest BCUT2D eigenvalue weighted by atomic mass is 35.5. The summed E-state index contributed by atoms with van der Waals surface area (Å²) < 4.78 is 5.78. The summed E-state index contributed by atoms with van der Waals surface area (Å²) in [6.45, 7) is 11.8. The topological polar surface area (TPSA) is 48.9 Å². The molecular weight excluding hydrogens is 336 g/mol. The van der Waals surface area contributed by atoms with Gasteiger partial charge in [-0.1, -0.05) is 29.8 Å². The van der Waals surface area contributed by atoms with Gasteiger partial charge in [-0.3, -0.25) is 4.90 Å². The molecule has 6 heteroatoms. The van der Waals surface area contributed by atoms with Gasteiger partial charge >= 0.3 is 0 Å². The van der Waals surface area contributed by atoms with E-state index in [-0.39, 0.29) is 0 Å². The van der Waals surface area contributed by atoms with Crippen LogP contribution in [0.5, 0.6) is 0 Å². The number of rotatable bonds is 7. The third-order valence-corrected chi connectivity index (χ3v) is 4.52. The molecule has 1 fully saturated rings. The molecule has 0 spiro atoms. The molecule has 2 rings (SSSR count). The van der Waals surface area contributed by atoms with Gasteiger partial charge in [-0.05, 0) is 38.8 Å². The monoisotopic (exact) mass is 366 g/mol. The van der Waals surface area contributed by atoms with Crippen molar-refractivity contribution in [2.75, 3.05) is 32.7 Å². The number of guanidine groups is 1. The highest BCUT2D eigenvalue weighted by Gasteiger charge is 2.21. The predicted octanol–water partition coefficient (Wildman–Crippen LogP) is 2.89. The first kappa shape index (κ1) is 20.0. The van der Waals surface area contributed by atoms with Crippen LogP contribution < -0.4 is 10.6 Å². The summed E-state index contributed by atoms with van der Waals surface area (Å²) in [6.07, 6.45) is 1.73. The van der Waals surface area contributed by atoms with Crippen molar-refractivity contribution in [3.05, 3.63) is 34.9 Å². The van der Waals surface area contributed by atoms with Crippen LogP contribution >= 0.6 is 11.6 Å². The largest absolute Gasteiger partial charge is 0.373 e. The fourth-order valence-corrected chi connectivity index (χ4v) is 3.30. The number of nitrogens with zero attached hydrogens (tertiary/aromatic N) is 2. The van der Waals surface area contributed by atoms with Crippen molar-refractivity contribution in [3.8, 4) is 0 Å². The molecule has 25 heavy (non-hydrogen) atoms. The number of aliphatic imine (C=N–C) groups is 1. The minimum Gasteiger partial charge on any atom is -0.373 e. The van der Waals surface area contributed by atoms with Crippen LogP contribution in [-0.4, -0.2) is 55.8 Å². The molecule has 1 aromatic rings. The molecule has 0 aromatic heterocycles. The molecule has 1 heterocycles. The maximum Gasteiger partial charge on any atom is 0.191 e. The molecule has 0 bridgehead atoms. The van der Waals surface area contributed by atoms with E-state index in [1.807, 2.05) is 24.3 Å². The quantitative estimate of drug-likeness (QED) is 0.442. The van der Waals surface area contributed by atoms with Crippen molar-refractivity contribution in [2.45, 2.75) is 45.9 Å². The first-order valence-electron chi connectivity index (χ1n) is 9.22. The highest BCUT2D eigenvalue weighted by Crippen LogP contribution is 2.15. The predicted molar refractivity (Wildman–Crippen MR) is 105 cm³/mol. The molecule has 140 valence electrons. The van der Waals surface area contributed by atoms with Gasteiger partial charge in [0.1, 0.15) is 0 Å². The van der Waals surface area contributed by atoms with Crippen molar-refractivity contribution in [2.24, 2.45) is 4.99 Å². The lowest BCUT2D eigenvalue weighted by Gasteiger charge is -2.35. The fourth-order valence-electron chi connectivity index (χ4n) is 3.11. The Morgan fingerprint density at radius 3 is 2.64 bits per heavy atom. The zero-order valence-corrected chi connectivity index (χ0v) is 16.4. The number of nitrogens with one attached hydrogen (secondary N) is 2. The first-order chi connectivity index (χ1) is 12.1. The number of hydrogen-bond acceptors (Lipinski definition) is 3. The van der Waals surface area contributed by atoms with Gasteiger partial charge < -0.3 is 15.4 Å². The second-order valence-electron chi connectivity index (χ2n) is 6.58. The van der Waals surface area contributed by atoms with E-state index in [4.69, 9.17) is 16.3 Å². The van der Waals surface area contributed by atoms with Crippen LogP contribution in [0.4, 0.5) is 0 Å². The number of morpholine rings is 1. The molecule has 0 saturated carbocycles. The molecule has 1 saturated heterocycles. The average molecular weight is 367 g/mol. The Kier molecular flexibility index (Phi) is 8.52. The van der Waals surface area contributed by atoms with Crippen LogP contribution in [0.15, 0.2) is 29.3 Å². The summed E-state index contributed by atoms with van der Waals surface area (Å²) in [5.74, 6) is 0.839. The zero-order chi connectivity index (χ0) is 18.1. The van der Waals surface area contributed by atoms with Gasteiger partial charge in [0.25, 0.3) is 0 Å². The van der Waals surface area contributed by atoms with Crippen LogP contribution in [0.25, 0.3) is 0 Å². The third kappa shape index (κ3) is 7.22. The van der Waals surface area contributed by atoms with E-state index in [0.29, 0.717) is 18.8 Å². The number of benzene rings is 1. The summed E-state index contributed by atoms with van der Waals surface area (Å²) in [7, 11) is 0. The zero-order valence-electron chi connectivity index (χ0n) is 15.6. The minimum atomic E-state index is 0.325. The van der Waals surface area contributed by atoms with Gasteiger partial charge in [-0.2, -0.15) is 0 Å². The van der Waals surface area contributed by atoms with Gasteiger partial charge in [0.05, 0.1) is 18.8 Å². The van der Waals surface area contributed by atoms with E-state index in [1.54, 1.807) is 0 Å². The summed E-state index contributed by atoms with van der Waals surface area (Å²) >= 11 is 6.20. The lowest BCUT2D eigenvalue weighted by atomic mass is 10.2. The molecule has 1 aliphatic rings. The average Bonchev–Trinajstić information content (AvgIpc) is 2.57. The Morgan fingerprint density at radius 2 is 1.96 bits per heavy atom. The van der Waals surface area contributed by atoms with E-state index in [9.17, 15) is 0 Å². The van der Waals surface area contributed by atoms with E-state index >= 15 is 0 Å². The molecule has 1 aromatic carbocycles. The number of halogens is 1. The Bertz CT molecular complexity index is 542. The molecular formula is C19H31ClN4O. The van der Waals surface area contributed by atoms with Crippen molar-refractivity contribution in [3.63, 3.8) is 0 Å². The fraction of sp³-hybridized carbons (Fsp3) is 0.632. The second kappa shape index (κ2) is 10.6. The summed E-state index contributed by atoms with van der Waals surface area (Å²) in [5.41, 5.74) is 1.04. The molecule has 2 unspecified atom stereocenters. The summed E-state index contributed by atoms with van der Waals surface area (Å²) in [6, 6.07) is 7.83. The van der Waals surface area contributed by atoms with E-state index in [1.165, 1.54) is 0 Å². The van der Waals surface area contributed by atoms with Gasteiger partial charge in [0, 0.05) is 37.7 Å². The molecule has 1 aliphatic heterocycles. The van der Waals surface area contributed by atoms with Gasteiger partial charge in [0.2, 0.25) is 0 Å². The van der Waals surface area contributed by atoms with Gasteiger partial charge in [-0.25, -0.2) is 4.99 Å². The molecule has 2 atom stereocenters. The van der Waals surface area contributed by atoms with Gasteiger partial charge in [0.15, 0.2) is 5.96 Å². The second-order valence-corrected chi connectivity index (χ2v) is 6.99. The summed E-state index contributed by atoms with van der Waals surface area (Å²) in [5, 5.41) is 7.46. The summed E-state index contributed by atoms with van der Waals surface area (Å²) in [4.78, 5) is 7.11. The van der Waals surface area contributed by atoms with Crippen molar-refractivity contribution < 1.29 is 4.74 Å². The standard InChI is InChI=1S/C19H31ClN4O/c1-4-21-19(23-12-17-8-5-6-9-18(17)20)22-10-7-11-24-13-15(2)25-16(3)14-24/h5-6,8-9,15-16H,4,7,10-14H2,1-3H3,(H2,21,22,23). The van der Waals surface area contributed by atoms with Crippen molar-refractivity contribution in [1.29, 1.82) is 0 Å². The Morgan fingerprint density at radius 1 is 1.24 bits per heavy atom. The van der Waals surface area contributed by atoms with Crippen molar-refractivity contribution in [1.82, 2.24) is 15.5 Å².